The van der Waals surface area contributed by atoms with Crippen molar-refractivity contribution in [2.75, 3.05) is 6.54 Å². The van der Waals surface area contributed by atoms with Gasteiger partial charge >= 0.3 is 0 Å². The molecule has 1 rings (SSSR count). The third-order valence-electron chi connectivity index (χ3n) is 2.17. The van der Waals surface area contributed by atoms with Crippen LogP contribution < -0.4 is 10.5 Å². The van der Waals surface area contributed by atoms with Gasteiger partial charge in [-0.2, -0.15) is 0 Å². The predicted molar refractivity (Wildman–Crippen MR) is 64.9 cm³/mol. The smallest absolute Gasteiger partial charge is 0.126 e. The topological polar surface area (TPSA) is 35.2 Å². The molecule has 0 heterocycles. The molecule has 0 aliphatic heterocycles. The Labute approximate surface area is 91.7 Å². The fraction of sp³-hybridized carbons (Fsp3) is 0.385. The number of rotatable bonds is 5. The van der Waals surface area contributed by atoms with E-state index in [0.717, 1.165) is 17.7 Å². The molecule has 1 aromatic carbocycles. The van der Waals surface area contributed by atoms with E-state index < -0.39 is 0 Å². The zero-order valence-electron chi connectivity index (χ0n) is 9.44. The minimum absolute atomic E-state index is 0.168. The zero-order valence-corrected chi connectivity index (χ0v) is 9.44. The fourth-order valence-electron chi connectivity index (χ4n) is 1.42. The van der Waals surface area contributed by atoms with E-state index in [0.29, 0.717) is 6.54 Å². The van der Waals surface area contributed by atoms with Gasteiger partial charge in [-0.1, -0.05) is 30.4 Å². The maximum atomic E-state index is 5.81. The lowest BCUT2D eigenvalue weighted by atomic mass is 10.2. The first-order valence-corrected chi connectivity index (χ1v) is 5.36. The third kappa shape index (κ3) is 3.76. The highest BCUT2D eigenvalue weighted by Gasteiger charge is 2.05. The van der Waals surface area contributed by atoms with E-state index in [9.17, 15) is 0 Å². The Morgan fingerprint density at radius 1 is 1.40 bits per heavy atom. The molecule has 0 saturated carbocycles. The molecule has 15 heavy (non-hydrogen) atoms. The van der Waals surface area contributed by atoms with Crippen LogP contribution in [0.4, 0.5) is 0 Å². The number of hydrogen-bond acceptors (Lipinski definition) is 2. The summed E-state index contributed by atoms with van der Waals surface area (Å²) in [5.41, 5.74) is 6.60. The summed E-state index contributed by atoms with van der Waals surface area (Å²) in [4.78, 5) is 0. The Kier molecular flexibility index (Phi) is 4.91. The highest BCUT2D eigenvalue weighted by molar-refractivity contribution is 5.56. The molecule has 0 amide bonds. The van der Waals surface area contributed by atoms with E-state index in [2.05, 4.69) is 0 Å². The van der Waals surface area contributed by atoms with Crippen molar-refractivity contribution in [2.45, 2.75) is 26.4 Å². The van der Waals surface area contributed by atoms with Crippen molar-refractivity contribution < 1.29 is 4.74 Å². The van der Waals surface area contributed by atoms with Gasteiger partial charge in [0.2, 0.25) is 0 Å². The molecule has 0 saturated heterocycles. The van der Waals surface area contributed by atoms with E-state index in [1.807, 2.05) is 50.3 Å². The summed E-state index contributed by atoms with van der Waals surface area (Å²) in [6.45, 7) is 4.70. The van der Waals surface area contributed by atoms with Crippen LogP contribution in [0, 0.1) is 0 Å². The van der Waals surface area contributed by atoms with Gasteiger partial charge in [-0.15, -0.1) is 0 Å². The van der Waals surface area contributed by atoms with Crippen LogP contribution in [0.3, 0.4) is 0 Å². The van der Waals surface area contributed by atoms with Crippen LogP contribution in [0.15, 0.2) is 30.3 Å². The second kappa shape index (κ2) is 6.25. The summed E-state index contributed by atoms with van der Waals surface area (Å²) in [6, 6.07) is 8.03. The number of ether oxygens (including phenoxy) is 1. The lowest BCUT2D eigenvalue weighted by molar-refractivity contribution is 0.213. The molecule has 1 atom stereocenters. The molecule has 82 valence electrons. The van der Waals surface area contributed by atoms with E-state index in [-0.39, 0.29) is 6.10 Å². The first kappa shape index (κ1) is 11.8. The molecule has 2 heteroatoms. The van der Waals surface area contributed by atoms with Gasteiger partial charge in [0, 0.05) is 5.56 Å². The van der Waals surface area contributed by atoms with Crippen LogP contribution in [-0.2, 0) is 0 Å². The van der Waals surface area contributed by atoms with Gasteiger partial charge < -0.3 is 10.5 Å². The van der Waals surface area contributed by atoms with Crippen molar-refractivity contribution >= 4 is 6.08 Å². The van der Waals surface area contributed by atoms with Gasteiger partial charge in [0.25, 0.3) is 0 Å². The standard InChI is InChI=1S/C13H19NO/c1-3-6-12-7-4-5-8-13(12)15-11(2)9-10-14/h3-8,11H,9-10,14H2,1-2H3. The van der Waals surface area contributed by atoms with Gasteiger partial charge in [0.1, 0.15) is 5.75 Å². The van der Waals surface area contributed by atoms with Crippen LogP contribution in [0.1, 0.15) is 25.8 Å². The average molecular weight is 205 g/mol. The van der Waals surface area contributed by atoms with Gasteiger partial charge in [-0.25, -0.2) is 0 Å². The Morgan fingerprint density at radius 3 is 2.80 bits per heavy atom. The zero-order chi connectivity index (χ0) is 11.1. The molecule has 1 unspecified atom stereocenters. The Hall–Kier alpha value is -1.28. The van der Waals surface area contributed by atoms with Crippen LogP contribution in [0.25, 0.3) is 6.08 Å². The van der Waals surface area contributed by atoms with Gasteiger partial charge in [-0.05, 0) is 32.9 Å². The molecule has 0 fully saturated rings. The second-order valence-electron chi connectivity index (χ2n) is 3.54. The molecule has 2 N–H and O–H groups in total. The van der Waals surface area contributed by atoms with E-state index in [4.69, 9.17) is 10.5 Å². The largest absolute Gasteiger partial charge is 0.490 e. The fourth-order valence-corrected chi connectivity index (χ4v) is 1.42. The quantitative estimate of drug-likeness (QED) is 0.802. The highest BCUT2D eigenvalue weighted by Crippen LogP contribution is 2.21. The molecule has 0 aromatic heterocycles. The number of nitrogens with two attached hydrogens (primary N) is 1. The van der Waals surface area contributed by atoms with Gasteiger partial charge in [0.05, 0.1) is 6.10 Å². The van der Waals surface area contributed by atoms with Crippen LogP contribution in [-0.4, -0.2) is 12.6 Å². The maximum Gasteiger partial charge on any atom is 0.126 e. The number of benzene rings is 1. The van der Waals surface area contributed by atoms with E-state index in [1.165, 1.54) is 0 Å². The van der Waals surface area contributed by atoms with Crippen LogP contribution >= 0.6 is 0 Å². The lowest BCUT2D eigenvalue weighted by Crippen LogP contribution is -2.17. The highest BCUT2D eigenvalue weighted by atomic mass is 16.5. The minimum atomic E-state index is 0.168. The SMILES string of the molecule is CC=Cc1ccccc1OC(C)CCN. The molecular formula is C13H19NO. The Balaban J connectivity index is 2.74. The normalized spacial score (nSPS) is 13.0. The summed E-state index contributed by atoms with van der Waals surface area (Å²) < 4.78 is 5.81. The summed E-state index contributed by atoms with van der Waals surface area (Å²) in [7, 11) is 0. The first-order chi connectivity index (χ1) is 7.27. The molecule has 0 radical (unpaired) electrons. The van der Waals surface area contributed by atoms with E-state index in [1.54, 1.807) is 0 Å². The lowest BCUT2D eigenvalue weighted by Gasteiger charge is -2.15. The molecule has 0 aliphatic rings. The first-order valence-electron chi connectivity index (χ1n) is 5.36. The van der Waals surface area contributed by atoms with Gasteiger partial charge in [0.15, 0.2) is 0 Å². The molecular weight excluding hydrogens is 186 g/mol. The van der Waals surface area contributed by atoms with Crippen molar-refractivity contribution in [1.82, 2.24) is 0 Å². The maximum absolute atomic E-state index is 5.81. The van der Waals surface area contributed by atoms with Crippen molar-refractivity contribution in [1.29, 1.82) is 0 Å². The van der Waals surface area contributed by atoms with E-state index >= 15 is 0 Å². The monoisotopic (exact) mass is 205 g/mol. The molecule has 0 aliphatic carbocycles. The van der Waals surface area contributed by atoms with Crippen LogP contribution in [0.2, 0.25) is 0 Å². The van der Waals surface area contributed by atoms with Gasteiger partial charge in [-0.3, -0.25) is 0 Å². The third-order valence-corrected chi connectivity index (χ3v) is 2.17. The number of para-hydroxylation sites is 1. The summed E-state index contributed by atoms with van der Waals surface area (Å²) >= 11 is 0. The molecule has 0 bridgehead atoms. The molecule has 1 aromatic rings. The average Bonchev–Trinajstić information content (AvgIpc) is 2.21. The molecule has 2 nitrogen and oxygen atoms in total. The van der Waals surface area contributed by atoms with Crippen molar-refractivity contribution in [3.8, 4) is 5.75 Å². The van der Waals surface area contributed by atoms with Crippen molar-refractivity contribution in [3.05, 3.63) is 35.9 Å². The number of allylic oxidation sites excluding steroid dienone is 1. The summed E-state index contributed by atoms with van der Waals surface area (Å²) in [5, 5.41) is 0. The molecule has 0 spiro atoms. The van der Waals surface area contributed by atoms with Crippen LogP contribution in [0.5, 0.6) is 5.75 Å². The second-order valence-corrected chi connectivity index (χ2v) is 3.54. The Morgan fingerprint density at radius 2 is 2.13 bits per heavy atom. The minimum Gasteiger partial charge on any atom is -0.490 e. The Bertz CT molecular complexity index is 320. The van der Waals surface area contributed by atoms with Crippen molar-refractivity contribution in [3.63, 3.8) is 0 Å². The summed E-state index contributed by atoms with van der Waals surface area (Å²) in [5.74, 6) is 0.927. The van der Waals surface area contributed by atoms with Crippen molar-refractivity contribution in [2.24, 2.45) is 5.73 Å². The predicted octanol–water partition coefficient (Wildman–Crippen LogP) is 2.84. The number of hydrogen-bond donors (Lipinski definition) is 1. The summed E-state index contributed by atoms with van der Waals surface area (Å²) in [6.07, 6.45) is 5.10.